The first-order valence-electron chi connectivity index (χ1n) is 7.47. The van der Waals surface area contributed by atoms with Gasteiger partial charge in [-0.3, -0.25) is 4.90 Å². The molecule has 3 heterocycles. The third-order valence-corrected chi connectivity index (χ3v) is 4.89. The smallest absolute Gasteiger partial charge is 0.0741 e. The normalized spacial score (nSPS) is 37.8. The lowest BCUT2D eigenvalue weighted by Crippen LogP contribution is -2.58. The van der Waals surface area contributed by atoms with Gasteiger partial charge in [-0.2, -0.15) is 0 Å². The Hall–Kier alpha value is -0.160. The van der Waals surface area contributed by atoms with E-state index >= 15 is 0 Å². The maximum atomic E-state index is 6.14. The van der Waals surface area contributed by atoms with Gasteiger partial charge >= 0.3 is 0 Å². The van der Waals surface area contributed by atoms with E-state index in [0.717, 1.165) is 45.8 Å². The summed E-state index contributed by atoms with van der Waals surface area (Å²) in [5.74, 6) is 0. The lowest BCUT2D eigenvalue weighted by molar-refractivity contribution is -0.154. The second-order valence-corrected chi connectivity index (χ2v) is 6.08. The molecule has 0 aromatic carbocycles. The second kappa shape index (κ2) is 5.45. The van der Waals surface area contributed by atoms with Crippen molar-refractivity contribution in [2.45, 2.75) is 50.3 Å². The Morgan fingerprint density at radius 3 is 2.83 bits per heavy atom. The molecule has 4 heteroatoms. The lowest BCUT2D eigenvalue weighted by Gasteiger charge is -2.49. The van der Waals surface area contributed by atoms with Crippen molar-refractivity contribution in [1.29, 1.82) is 0 Å². The molecule has 3 aliphatic rings. The summed E-state index contributed by atoms with van der Waals surface area (Å²) in [4.78, 5) is 2.70. The SMILES string of the molecule is C[C@@H]1CNCCN1C1CCOC2(CCOCC2)C1. The monoisotopic (exact) mass is 254 g/mol. The summed E-state index contributed by atoms with van der Waals surface area (Å²) in [6, 6.07) is 1.38. The quantitative estimate of drug-likeness (QED) is 0.757. The van der Waals surface area contributed by atoms with Gasteiger partial charge in [0.15, 0.2) is 0 Å². The van der Waals surface area contributed by atoms with Gasteiger partial charge < -0.3 is 14.8 Å². The third kappa shape index (κ3) is 2.57. The van der Waals surface area contributed by atoms with Crippen LogP contribution in [0.2, 0.25) is 0 Å². The Morgan fingerprint density at radius 1 is 1.22 bits per heavy atom. The molecule has 0 bridgehead atoms. The first-order chi connectivity index (χ1) is 8.79. The molecule has 3 saturated heterocycles. The fourth-order valence-corrected chi connectivity index (χ4v) is 3.78. The molecule has 0 aliphatic carbocycles. The van der Waals surface area contributed by atoms with Gasteiger partial charge in [-0.05, 0) is 32.6 Å². The predicted molar refractivity (Wildman–Crippen MR) is 70.8 cm³/mol. The minimum Gasteiger partial charge on any atom is -0.381 e. The summed E-state index contributed by atoms with van der Waals surface area (Å²) in [5, 5.41) is 3.48. The molecule has 4 nitrogen and oxygen atoms in total. The average Bonchev–Trinajstić information content (AvgIpc) is 2.40. The van der Waals surface area contributed by atoms with Crippen molar-refractivity contribution in [1.82, 2.24) is 10.2 Å². The largest absolute Gasteiger partial charge is 0.381 e. The van der Waals surface area contributed by atoms with Crippen LogP contribution in [0.5, 0.6) is 0 Å². The summed E-state index contributed by atoms with van der Waals surface area (Å²) in [5.41, 5.74) is 0.131. The number of piperazine rings is 1. The number of nitrogens with one attached hydrogen (secondary N) is 1. The fraction of sp³-hybridized carbons (Fsp3) is 1.00. The fourth-order valence-electron chi connectivity index (χ4n) is 3.78. The first kappa shape index (κ1) is 12.9. The van der Waals surface area contributed by atoms with Crippen molar-refractivity contribution >= 4 is 0 Å². The van der Waals surface area contributed by atoms with Gasteiger partial charge in [0.25, 0.3) is 0 Å². The molecule has 0 amide bonds. The molecular formula is C14H26N2O2. The minimum absolute atomic E-state index is 0.131. The Labute approximate surface area is 110 Å². The Balaban J connectivity index is 1.65. The average molecular weight is 254 g/mol. The van der Waals surface area contributed by atoms with Crippen molar-refractivity contribution in [2.24, 2.45) is 0 Å². The van der Waals surface area contributed by atoms with Crippen molar-refractivity contribution in [3.05, 3.63) is 0 Å². The van der Waals surface area contributed by atoms with Gasteiger partial charge in [-0.25, -0.2) is 0 Å². The standard InChI is InChI=1S/C14H26N2O2/c1-12-11-15-5-6-16(12)13-2-7-18-14(10-13)3-8-17-9-4-14/h12-13,15H,2-11H2,1H3/t12-,13?/m1/s1. The number of nitrogens with zero attached hydrogens (tertiary/aromatic N) is 1. The van der Waals surface area contributed by atoms with Gasteiger partial charge in [0.2, 0.25) is 0 Å². The van der Waals surface area contributed by atoms with E-state index in [1.807, 2.05) is 0 Å². The van der Waals surface area contributed by atoms with Crippen molar-refractivity contribution in [3.63, 3.8) is 0 Å². The Bertz CT molecular complexity index is 273. The van der Waals surface area contributed by atoms with E-state index in [4.69, 9.17) is 9.47 Å². The van der Waals surface area contributed by atoms with Crippen LogP contribution in [0.25, 0.3) is 0 Å². The maximum absolute atomic E-state index is 6.14. The molecule has 1 spiro atoms. The molecule has 1 N–H and O–H groups in total. The van der Waals surface area contributed by atoms with Crippen LogP contribution >= 0.6 is 0 Å². The molecule has 2 atom stereocenters. The van der Waals surface area contributed by atoms with Gasteiger partial charge in [0.1, 0.15) is 0 Å². The number of ether oxygens (including phenoxy) is 2. The van der Waals surface area contributed by atoms with E-state index < -0.39 is 0 Å². The summed E-state index contributed by atoms with van der Waals surface area (Å²) in [7, 11) is 0. The molecule has 18 heavy (non-hydrogen) atoms. The number of rotatable bonds is 1. The molecule has 104 valence electrons. The molecule has 1 unspecified atom stereocenters. The predicted octanol–water partition coefficient (Wildman–Crippen LogP) is 1.01. The van der Waals surface area contributed by atoms with Crippen LogP contribution in [0.3, 0.4) is 0 Å². The molecule has 0 aromatic rings. The molecule has 3 aliphatic heterocycles. The van der Waals surface area contributed by atoms with Gasteiger partial charge in [-0.15, -0.1) is 0 Å². The summed E-state index contributed by atoms with van der Waals surface area (Å²) >= 11 is 0. The van der Waals surface area contributed by atoms with Crippen LogP contribution in [0.15, 0.2) is 0 Å². The van der Waals surface area contributed by atoms with Crippen LogP contribution in [-0.2, 0) is 9.47 Å². The van der Waals surface area contributed by atoms with Crippen molar-refractivity contribution < 1.29 is 9.47 Å². The van der Waals surface area contributed by atoms with E-state index in [9.17, 15) is 0 Å². The van der Waals surface area contributed by atoms with Gasteiger partial charge in [0.05, 0.1) is 5.60 Å². The summed E-state index contributed by atoms with van der Waals surface area (Å²) in [6.45, 7) is 8.50. The van der Waals surface area contributed by atoms with Crippen LogP contribution in [0.4, 0.5) is 0 Å². The Morgan fingerprint density at radius 2 is 2.06 bits per heavy atom. The van der Waals surface area contributed by atoms with Gasteiger partial charge in [-0.1, -0.05) is 0 Å². The lowest BCUT2D eigenvalue weighted by atomic mass is 9.83. The topological polar surface area (TPSA) is 33.7 Å². The zero-order chi connectivity index (χ0) is 12.4. The highest BCUT2D eigenvalue weighted by Gasteiger charge is 2.41. The molecular weight excluding hydrogens is 228 g/mol. The van der Waals surface area contributed by atoms with E-state index in [2.05, 4.69) is 17.1 Å². The number of hydrogen-bond acceptors (Lipinski definition) is 4. The minimum atomic E-state index is 0.131. The molecule has 0 radical (unpaired) electrons. The van der Waals surface area contributed by atoms with Crippen LogP contribution in [0.1, 0.15) is 32.6 Å². The maximum Gasteiger partial charge on any atom is 0.0741 e. The van der Waals surface area contributed by atoms with E-state index in [1.165, 1.54) is 19.4 Å². The van der Waals surface area contributed by atoms with Crippen LogP contribution in [0, 0.1) is 0 Å². The van der Waals surface area contributed by atoms with Crippen molar-refractivity contribution in [3.8, 4) is 0 Å². The molecule has 0 aromatic heterocycles. The highest BCUT2D eigenvalue weighted by molar-refractivity contribution is 4.94. The second-order valence-electron chi connectivity index (χ2n) is 6.08. The van der Waals surface area contributed by atoms with E-state index in [-0.39, 0.29) is 5.60 Å². The molecule has 3 rings (SSSR count). The zero-order valence-corrected chi connectivity index (χ0v) is 11.5. The summed E-state index contributed by atoms with van der Waals surface area (Å²) in [6.07, 6.45) is 4.58. The van der Waals surface area contributed by atoms with Gasteiger partial charge in [0, 0.05) is 51.5 Å². The zero-order valence-electron chi connectivity index (χ0n) is 11.5. The molecule has 0 saturated carbocycles. The third-order valence-electron chi connectivity index (χ3n) is 4.89. The van der Waals surface area contributed by atoms with Crippen molar-refractivity contribution in [2.75, 3.05) is 39.5 Å². The van der Waals surface area contributed by atoms with Crippen LogP contribution < -0.4 is 5.32 Å². The molecule has 3 fully saturated rings. The summed E-state index contributed by atoms with van der Waals surface area (Å²) < 4.78 is 11.6. The van der Waals surface area contributed by atoms with Crippen LogP contribution in [-0.4, -0.2) is 62.0 Å². The first-order valence-corrected chi connectivity index (χ1v) is 7.47. The van der Waals surface area contributed by atoms with E-state index in [1.54, 1.807) is 0 Å². The number of hydrogen-bond donors (Lipinski definition) is 1. The Kier molecular flexibility index (Phi) is 3.89. The highest BCUT2D eigenvalue weighted by Crippen LogP contribution is 2.36. The van der Waals surface area contributed by atoms with E-state index in [0.29, 0.717) is 12.1 Å². The highest BCUT2D eigenvalue weighted by atomic mass is 16.5.